The van der Waals surface area contributed by atoms with Gasteiger partial charge in [0.1, 0.15) is 12.4 Å². The van der Waals surface area contributed by atoms with Gasteiger partial charge in [-0.25, -0.2) is 0 Å². The van der Waals surface area contributed by atoms with Crippen molar-refractivity contribution in [3.63, 3.8) is 0 Å². The van der Waals surface area contributed by atoms with Crippen molar-refractivity contribution < 1.29 is 27.4 Å². The summed E-state index contributed by atoms with van der Waals surface area (Å²) in [5, 5.41) is 2.94. The highest BCUT2D eigenvalue weighted by atomic mass is 35.5. The summed E-state index contributed by atoms with van der Waals surface area (Å²) in [7, 11) is 0. The van der Waals surface area contributed by atoms with Gasteiger partial charge in [-0.1, -0.05) is 11.6 Å². The molecule has 1 heterocycles. The van der Waals surface area contributed by atoms with Crippen molar-refractivity contribution in [2.45, 2.75) is 25.1 Å². The van der Waals surface area contributed by atoms with Gasteiger partial charge in [-0.15, -0.1) is 0 Å². The lowest BCUT2D eigenvalue weighted by molar-refractivity contribution is -0.137. The first kappa shape index (κ1) is 19.5. The maximum absolute atomic E-state index is 13.0. The first-order chi connectivity index (χ1) is 12.8. The molecule has 0 radical (unpaired) electrons. The van der Waals surface area contributed by atoms with Crippen molar-refractivity contribution >= 4 is 23.2 Å². The lowest BCUT2D eigenvalue weighted by Crippen LogP contribution is -2.18. The van der Waals surface area contributed by atoms with E-state index in [0.29, 0.717) is 11.6 Å². The SMILES string of the molecule is O=C(Nc1cc(C(F)(F)F)ccc1OCC1CCCO1)c1ccc(Cl)cc1. The van der Waals surface area contributed by atoms with E-state index in [1.807, 2.05) is 0 Å². The highest BCUT2D eigenvalue weighted by Gasteiger charge is 2.31. The average molecular weight is 400 g/mol. The van der Waals surface area contributed by atoms with Gasteiger partial charge in [-0.05, 0) is 55.3 Å². The molecule has 2 aromatic rings. The summed E-state index contributed by atoms with van der Waals surface area (Å²) in [5.41, 5.74) is -0.664. The number of rotatable bonds is 5. The van der Waals surface area contributed by atoms with Gasteiger partial charge in [-0.3, -0.25) is 4.79 Å². The molecule has 1 fully saturated rings. The van der Waals surface area contributed by atoms with Crippen molar-refractivity contribution in [1.29, 1.82) is 0 Å². The fraction of sp³-hybridized carbons (Fsp3) is 0.316. The van der Waals surface area contributed by atoms with Gasteiger partial charge in [0.15, 0.2) is 0 Å². The van der Waals surface area contributed by atoms with Crippen molar-refractivity contribution in [2.24, 2.45) is 0 Å². The summed E-state index contributed by atoms with van der Waals surface area (Å²) in [6.45, 7) is 0.844. The van der Waals surface area contributed by atoms with Crippen molar-refractivity contribution in [1.82, 2.24) is 0 Å². The second-order valence-corrected chi connectivity index (χ2v) is 6.55. The lowest BCUT2D eigenvalue weighted by atomic mass is 10.1. The number of carbonyl (C=O) groups excluding carboxylic acids is 1. The van der Waals surface area contributed by atoms with Gasteiger partial charge in [-0.2, -0.15) is 13.2 Å². The molecule has 27 heavy (non-hydrogen) atoms. The number of amides is 1. The molecular formula is C19H17ClF3NO3. The topological polar surface area (TPSA) is 47.6 Å². The molecule has 1 atom stereocenters. The maximum Gasteiger partial charge on any atom is 0.416 e. The smallest absolute Gasteiger partial charge is 0.416 e. The van der Waals surface area contributed by atoms with E-state index in [2.05, 4.69) is 5.32 Å². The zero-order chi connectivity index (χ0) is 19.4. The highest BCUT2D eigenvalue weighted by Crippen LogP contribution is 2.35. The molecule has 1 unspecified atom stereocenters. The fourth-order valence-corrected chi connectivity index (χ4v) is 2.81. The molecule has 8 heteroatoms. The summed E-state index contributed by atoms with van der Waals surface area (Å²) >= 11 is 5.79. The Morgan fingerprint density at radius 1 is 1.22 bits per heavy atom. The Morgan fingerprint density at radius 3 is 2.59 bits per heavy atom. The third-order valence-corrected chi connectivity index (χ3v) is 4.36. The van der Waals surface area contributed by atoms with Crippen LogP contribution >= 0.6 is 11.6 Å². The van der Waals surface area contributed by atoms with Crippen LogP contribution in [-0.2, 0) is 10.9 Å². The van der Waals surface area contributed by atoms with E-state index in [1.54, 1.807) is 0 Å². The molecule has 144 valence electrons. The number of ether oxygens (including phenoxy) is 2. The molecule has 0 saturated carbocycles. The predicted molar refractivity (Wildman–Crippen MR) is 95.3 cm³/mol. The number of alkyl halides is 3. The Balaban J connectivity index is 1.82. The number of benzene rings is 2. The van der Waals surface area contributed by atoms with Crippen LogP contribution < -0.4 is 10.1 Å². The number of hydrogen-bond donors (Lipinski definition) is 1. The molecule has 0 spiro atoms. The van der Waals surface area contributed by atoms with Crippen LogP contribution in [0.3, 0.4) is 0 Å². The van der Waals surface area contributed by atoms with Crippen LogP contribution in [0.5, 0.6) is 5.75 Å². The summed E-state index contributed by atoms with van der Waals surface area (Å²) in [6.07, 6.45) is -2.90. The van der Waals surface area contributed by atoms with Crippen molar-refractivity contribution in [2.75, 3.05) is 18.5 Å². The van der Waals surface area contributed by atoms with Gasteiger partial charge < -0.3 is 14.8 Å². The van der Waals surface area contributed by atoms with Crippen molar-refractivity contribution in [3.05, 3.63) is 58.6 Å². The number of halogens is 4. The first-order valence-corrected chi connectivity index (χ1v) is 8.73. The zero-order valence-electron chi connectivity index (χ0n) is 14.2. The molecule has 1 aliphatic rings. The first-order valence-electron chi connectivity index (χ1n) is 8.35. The summed E-state index contributed by atoms with van der Waals surface area (Å²) in [6, 6.07) is 9.00. The van der Waals surface area contributed by atoms with Crippen LogP contribution in [-0.4, -0.2) is 25.2 Å². The van der Waals surface area contributed by atoms with Gasteiger partial charge in [0.05, 0.1) is 17.4 Å². The molecule has 2 aromatic carbocycles. The molecule has 0 aromatic heterocycles. The van der Waals surface area contributed by atoms with Gasteiger partial charge in [0.2, 0.25) is 0 Å². The molecule has 1 aliphatic heterocycles. The monoisotopic (exact) mass is 399 g/mol. The van der Waals surface area contributed by atoms with Crippen LogP contribution in [0.1, 0.15) is 28.8 Å². The minimum atomic E-state index is -4.53. The summed E-state index contributed by atoms with van der Waals surface area (Å²) in [5.74, 6) is -0.409. The Bertz CT molecular complexity index is 803. The molecule has 1 amide bonds. The summed E-state index contributed by atoms with van der Waals surface area (Å²) < 4.78 is 50.2. The van der Waals surface area contributed by atoms with Crippen LogP contribution in [0.25, 0.3) is 0 Å². The van der Waals surface area contributed by atoms with E-state index < -0.39 is 17.6 Å². The second kappa shape index (κ2) is 8.19. The lowest BCUT2D eigenvalue weighted by Gasteiger charge is -2.17. The molecule has 3 rings (SSSR count). The maximum atomic E-state index is 13.0. The van der Waals surface area contributed by atoms with Crippen LogP contribution in [0.2, 0.25) is 5.02 Å². The summed E-state index contributed by atoms with van der Waals surface area (Å²) in [4.78, 5) is 12.4. The minimum absolute atomic E-state index is 0.0530. The van der Waals surface area contributed by atoms with Crippen LogP contribution in [0.4, 0.5) is 18.9 Å². The third kappa shape index (κ3) is 5.14. The molecule has 0 bridgehead atoms. The quantitative estimate of drug-likeness (QED) is 0.754. The predicted octanol–water partition coefficient (Wildman–Crippen LogP) is 5.17. The Hall–Kier alpha value is -2.25. The van der Waals surface area contributed by atoms with E-state index >= 15 is 0 Å². The minimum Gasteiger partial charge on any atom is -0.489 e. The molecule has 4 nitrogen and oxygen atoms in total. The fourth-order valence-electron chi connectivity index (χ4n) is 2.68. The molecule has 0 aliphatic carbocycles. The average Bonchev–Trinajstić information content (AvgIpc) is 3.14. The number of anilines is 1. The molecule has 1 N–H and O–H groups in total. The van der Waals surface area contributed by atoms with Gasteiger partial charge in [0.25, 0.3) is 5.91 Å². The standard InChI is InChI=1S/C19H17ClF3NO3/c20-14-6-3-12(4-7-14)18(25)24-16-10-13(19(21,22)23)5-8-17(16)27-11-15-2-1-9-26-15/h3-8,10,15H,1-2,9,11H2,(H,24,25). The van der Waals surface area contributed by atoms with Gasteiger partial charge >= 0.3 is 6.18 Å². The van der Waals surface area contributed by atoms with E-state index in [0.717, 1.165) is 25.0 Å². The van der Waals surface area contributed by atoms with Crippen LogP contribution in [0.15, 0.2) is 42.5 Å². The van der Waals surface area contributed by atoms with Crippen molar-refractivity contribution in [3.8, 4) is 5.75 Å². The third-order valence-electron chi connectivity index (χ3n) is 4.11. The van der Waals surface area contributed by atoms with E-state index in [4.69, 9.17) is 21.1 Å². The van der Waals surface area contributed by atoms with Gasteiger partial charge in [0, 0.05) is 17.2 Å². The molecule has 1 saturated heterocycles. The Kier molecular flexibility index (Phi) is 5.92. The Labute approximate surface area is 159 Å². The Morgan fingerprint density at radius 2 is 1.96 bits per heavy atom. The highest BCUT2D eigenvalue weighted by molar-refractivity contribution is 6.30. The number of hydrogen-bond acceptors (Lipinski definition) is 3. The largest absolute Gasteiger partial charge is 0.489 e. The second-order valence-electron chi connectivity index (χ2n) is 6.12. The number of nitrogens with one attached hydrogen (secondary N) is 1. The van der Waals surface area contributed by atoms with Crippen LogP contribution in [0, 0.1) is 0 Å². The van der Waals surface area contributed by atoms with E-state index in [-0.39, 0.29) is 29.7 Å². The normalized spacial score (nSPS) is 17.0. The van der Waals surface area contributed by atoms with E-state index in [1.165, 1.54) is 30.3 Å². The van der Waals surface area contributed by atoms with E-state index in [9.17, 15) is 18.0 Å². The molecular weight excluding hydrogens is 383 g/mol. The zero-order valence-corrected chi connectivity index (χ0v) is 14.9. The number of carbonyl (C=O) groups is 1.